The van der Waals surface area contributed by atoms with Crippen LogP contribution in [0.15, 0.2) is 12.1 Å². The van der Waals surface area contributed by atoms with Gasteiger partial charge in [-0.15, -0.1) is 0 Å². The molecule has 6 heteroatoms. The minimum atomic E-state index is -0.963. The first kappa shape index (κ1) is 24.0. The van der Waals surface area contributed by atoms with Crippen molar-refractivity contribution in [2.45, 2.75) is 96.9 Å². The predicted octanol–water partition coefficient (Wildman–Crippen LogP) is 6.34. The van der Waals surface area contributed by atoms with Gasteiger partial charge in [-0.1, -0.05) is 19.8 Å². The Morgan fingerprint density at radius 1 is 1.00 bits per heavy atom. The zero-order valence-electron chi connectivity index (χ0n) is 18.8. The van der Waals surface area contributed by atoms with Crippen molar-refractivity contribution in [1.29, 1.82) is 0 Å². The maximum Gasteiger partial charge on any atom is 0.309 e. The zero-order chi connectivity index (χ0) is 22.2. The van der Waals surface area contributed by atoms with E-state index in [1.807, 2.05) is 0 Å². The van der Waals surface area contributed by atoms with Crippen LogP contribution in [0.5, 0.6) is 5.75 Å². The van der Waals surface area contributed by atoms with Crippen LogP contribution in [0.4, 0.5) is 8.78 Å². The summed E-state index contributed by atoms with van der Waals surface area (Å²) < 4.78 is 44.9. The largest absolute Gasteiger partial charge is 0.491 e. The van der Waals surface area contributed by atoms with Crippen molar-refractivity contribution >= 4 is 5.97 Å². The first-order valence-electron chi connectivity index (χ1n) is 11.9. The van der Waals surface area contributed by atoms with E-state index in [-0.39, 0.29) is 48.6 Å². The first-order valence-corrected chi connectivity index (χ1v) is 11.9. The SMILES string of the molecule is CCCCCC1CCC(C2CCC(OCc3ccc(OCC)c(F)c3F)CC2)C(=O)O1. The molecule has 1 aliphatic heterocycles. The fourth-order valence-corrected chi connectivity index (χ4v) is 4.86. The third-order valence-electron chi connectivity index (χ3n) is 6.70. The van der Waals surface area contributed by atoms with E-state index in [1.165, 1.54) is 25.0 Å². The first-order chi connectivity index (χ1) is 15.0. The van der Waals surface area contributed by atoms with E-state index in [4.69, 9.17) is 14.2 Å². The van der Waals surface area contributed by atoms with Gasteiger partial charge in [0.1, 0.15) is 6.10 Å². The number of halogens is 2. The summed E-state index contributed by atoms with van der Waals surface area (Å²) >= 11 is 0. The predicted molar refractivity (Wildman–Crippen MR) is 115 cm³/mol. The Morgan fingerprint density at radius 2 is 1.77 bits per heavy atom. The fourth-order valence-electron chi connectivity index (χ4n) is 4.86. The van der Waals surface area contributed by atoms with Crippen LogP contribution in [-0.2, 0) is 20.9 Å². The molecule has 0 N–H and O–H groups in total. The van der Waals surface area contributed by atoms with Crippen LogP contribution in [0.2, 0.25) is 0 Å². The quantitative estimate of drug-likeness (QED) is 0.316. The summed E-state index contributed by atoms with van der Waals surface area (Å²) in [5.74, 6) is -1.63. The molecule has 0 aromatic heterocycles. The maximum atomic E-state index is 14.2. The number of hydrogen-bond acceptors (Lipinski definition) is 4. The molecule has 1 aromatic rings. The van der Waals surface area contributed by atoms with Crippen molar-refractivity contribution < 1.29 is 27.8 Å². The molecule has 0 amide bonds. The lowest BCUT2D eigenvalue weighted by molar-refractivity contribution is -0.164. The molecule has 0 bridgehead atoms. The minimum absolute atomic E-state index is 0.000949. The Bertz CT molecular complexity index is 716. The van der Waals surface area contributed by atoms with Crippen molar-refractivity contribution in [2.24, 2.45) is 11.8 Å². The Kier molecular flexibility index (Phi) is 9.12. The van der Waals surface area contributed by atoms with E-state index in [1.54, 1.807) is 6.92 Å². The van der Waals surface area contributed by atoms with Crippen molar-refractivity contribution in [3.63, 3.8) is 0 Å². The summed E-state index contributed by atoms with van der Waals surface area (Å²) in [6, 6.07) is 2.96. The molecule has 1 saturated heterocycles. The molecule has 2 fully saturated rings. The second-order valence-corrected chi connectivity index (χ2v) is 8.87. The number of unbranched alkanes of at least 4 members (excludes halogenated alkanes) is 2. The van der Waals surface area contributed by atoms with Gasteiger partial charge in [-0.3, -0.25) is 4.79 Å². The van der Waals surface area contributed by atoms with Crippen LogP contribution in [-0.4, -0.2) is 24.8 Å². The number of benzene rings is 1. The van der Waals surface area contributed by atoms with Crippen LogP contribution < -0.4 is 4.74 Å². The van der Waals surface area contributed by atoms with Gasteiger partial charge in [-0.25, -0.2) is 4.39 Å². The molecule has 0 spiro atoms. The van der Waals surface area contributed by atoms with Gasteiger partial charge in [0.05, 0.1) is 25.2 Å². The van der Waals surface area contributed by atoms with Gasteiger partial charge >= 0.3 is 5.97 Å². The highest BCUT2D eigenvalue weighted by Gasteiger charge is 2.37. The Labute approximate surface area is 184 Å². The van der Waals surface area contributed by atoms with Crippen LogP contribution in [0.3, 0.4) is 0 Å². The Morgan fingerprint density at radius 3 is 2.45 bits per heavy atom. The topological polar surface area (TPSA) is 44.8 Å². The van der Waals surface area contributed by atoms with Crippen molar-refractivity contribution in [3.8, 4) is 5.75 Å². The number of rotatable bonds is 10. The fraction of sp³-hybridized carbons (Fsp3) is 0.720. The van der Waals surface area contributed by atoms with Crippen molar-refractivity contribution in [2.75, 3.05) is 6.61 Å². The molecular weight excluding hydrogens is 402 g/mol. The summed E-state index contributed by atoms with van der Waals surface area (Å²) in [6.45, 7) is 4.22. The molecule has 3 rings (SSSR count). The molecule has 174 valence electrons. The van der Waals surface area contributed by atoms with Gasteiger partial charge in [0.25, 0.3) is 0 Å². The molecule has 2 unspecified atom stereocenters. The minimum Gasteiger partial charge on any atom is -0.491 e. The number of hydrogen-bond donors (Lipinski definition) is 0. The molecular formula is C25H36F2O4. The molecule has 0 radical (unpaired) electrons. The highest BCUT2D eigenvalue weighted by Crippen LogP contribution is 2.38. The van der Waals surface area contributed by atoms with Gasteiger partial charge in [0.2, 0.25) is 5.82 Å². The third kappa shape index (κ3) is 6.41. The lowest BCUT2D eigenvalue weighted by Gasteiger charge is -2.36. The molecule has 31 heavy (non-hydrogen) atoms. The average Bonchev–Trinajstić information content (AvgIpc) is 2.77. The number of esters is 1. The van der Waals surface area contributed by atoms with Crippen LogP contribution in [0, 0.1) is 23.5 Å². The molecule has 1 aliphatic carbocycles. The summed E-state index contributed by atoms with van der Waals surface area (Å²) in [6.07, 6.45) is 9.94. The second-order valence-electron chi connectivity index (χ2n) is 8.87. The zero-order valence-corrected chi connectivity index (χ0v) is 18.8. The molecule has 1 saturated carbocycles. The van der Waals surface area contributed by atoms with Crippen LogP contribution in [0.1, 0.15) is 83.6 Å². The van der Waals surface area contributed by atoms with Gasteiger partial charge in [0.15, 0.2) is 11.6 Å². The summed E-state index contributed by atoms with van der Waals surface area (Å²) in [7, 11) is 0. The molecule has 4 nitrogen and oxygen atoms in total. The smallest absolute Gasteiger partial charge is 0.309 e. The van der Waals surface area contributed by atoms with E-state index in [0.717, 1.165) is 51.4 Å². The molecule has 2 atom stereocenters. The average molecular weight is 439 g/mol. The van der Waals surface area contributed by atoms with Gasteiger partial charge in [0, 0.05) is 5.56 Å². The standard InChI is InChI=1S/C25H36F2O4/c1-3-5-6-7-20-13-14-21(25(28)31-20)17-8-11-19(12-9-17)30-16-18-10-15-22(29-4-2)24(27)23(18)26/h10,15,17,19-21H,3-9,11-14,16H2,1-2H3. The third-order valence-corrected chi connectivity index (χ3v) is 6.70. The Balaban J connectivity index is 1.42. The highest BCUT2D eigenvalue weighted by molar-refractivity contribution is 5.73. The van der Waals surface area contributed by atoms with E-state index >= 15 is 0 Å². The number of cyclic esters (lactones) is 1. The van der Waals surface area contributed by atoms with Crippen molar-refractivity contribution in [1.82, 2.24) is 0 Å². The van der Waals surface area contributed by atoms with Gasteiger partial charge in [-0.2, -0.15) is 4.39 Å². The highest BCUT2D eigenvalue weighted by atomic mass is 19.2. The van der Waals surface area contributed by atoms with Gasteiger partial charge in [-0.05, 0) is 76.3 Å². The van der Waals surface area contributed by atoms with E-state index in [0.29, 0.717) is 5.92 Å². The van der Waals surface area contributed by atoms with Gasteiger partial charge < -0.3 is 14.2 Å². The normalized spacial score (nSPS) is 26.5. The molecule has 1 heterocycles. The molecule has 2 aliphatic rings. The lowest BCUT2D eigenvalue weighted by Crippen LogP contribution is -2.37. The number of carbonyl (C=O) groups is 1. The summed E-state index contributed by atoms with van der Waals surface area (Å²) in [4.78, 5) is 12.5. The van der Waals surface area contributed by atoms with E-state index < -0.39 is 11.6 Å². The second kappa shape index (κ2) is 11.8. The number of ether oxygens (including phenoxy) is 3. The van der Waals surface area contributed by atoms with E-state index in [9.17, 15) is 13.6 Å². The summed E-state index contributed by atoms with van der Waals surface area (Å²) in [5.41, 5.74) is 0.202. The molecule has 1 aromatic carbocycles. The number of carbonyl (C=O) groups excluding carboxylic acids is 1. The van der Waals surface area contributed by atoms with Crippen LogP contribution >= 0.6 is 0 Å². The lowest BCUT2D eigenvalue weighted by atomic mass is 9.75. The monoisotopic (exact) mass is 438 g/mol. The van der Waals surface area contributed by atoms with Crippen molar-refractivity contribution in [3.05, 3.63) is 29.3 Å². The van der Waals surface area contributed by atoms with E-state index in [2.05, 4.69) is 6.92 Å². The van der Waals surface area contributed by atoms with Crippen LogP contribution in [0.25, 0.3) is 0 Å². The maximum absolute atomic E-state index is 14.2. The Hall–Kier alpha value is -1.69. The summed E-state index contributed by atoms with van der Waals surface area (Å²) in [5, 5.41) is 0.